The maximum absolute atomic E-state index is 12.3. The Labute approximate surface area is 140 Å². The van der Waals surface area contributed by atoms with Crippen LogP contribution in [0.2, 0.25) is 0 Å². The van der Waals surface area contributed by atoms with Crippen molar-refractivity contribution < 1.29 is 4.79 Å². The van der Waals surface area contributed by atoms with Crippen molar-refractivity contribution >= 4 is 33.2 Å². The second-order valence-electron chi connectivity index (χ2n) is 4.86. The van der Waals surface area contributed by atoms with Gasteiger partial charge in [-0.25, -0.2) is 4.68 Å². The van der Waals surface area contributed by atoms with Gasteiger partial charge in [-0.3, -0.25) is 4.79 Å². The van der Waals surface area contributed by atoms with Crippen molar-refractivity contribution in [1.29, 1.82) is 0 Å². The summed E-state index contributed by atoms with van der Waals surface area (Å²) in [6.45, 7) is 1.99. The van der Waals surface area contributed by atoms with Crippen LogP contribution < -0.4 is 5.32 Å². The third-order valence-electron chi connectivity index (χ3n) is 3.26. The van der Waals surface area contributed by atoms with Gasteiger partial charge in [-0.2, -0.15) is 5.10 Å². The summed E-state index contributed by atoms with van der Waals surface area (Å²) in [5.74, 6) is -0.0749. The van der Waals surface area contributed by atoms with Gasteiger partial charge < -0.3 is 5.32 Å². The van der Waals surface area contributed by atoms with Crippen molar-refractivity contribution in [2.24, 2.45) is 0 Å². The van der Waals surface area contributed by atoms with Crippen LogP contribution in [0, 0.1) is 0 Å². The van der Waals surface area contributed by atoms with E-state index < -0.39 is 0 Å². The quantitative estimate of drug-likeness (QED) is 0.742. The van der Waals surface area contributed by atoms with Crippen LogP contribution >= 0.6 is 27.3 Å². The zero-order valence-electron chi connectivity index (χ0n) is 11.9. The van der Waals surface area contributed by atoms with E-state index in [9.17, 15) is 4.79 Å². The third-order valence-corrected chi connectivity index (χ3v) is 4.73. The van der Waals surface area contributed by atoms with E-state index in [0.717, 1.165) is 15.0 Å². The van der Waals surface area contributed by atoms with Gasteiger partial charge in [0.25, 0.3) is 5.91 Å². The minimum atomic E-state index is -0.0749. The molecule has 1 amide bonds. The Kier molecular flexibility index (Phi) is 4.40. The van der Waals surface area contributed by atoms with E-state index in [1.54, 1.807) is 34.3 Å². The Morgan fingerprint density at radius 2 is 2.09 bits per heavy atom. The molecular formula is C16H14BrN3OS. The number of aromatic nitrogens is 2. The molecule has 2 heterocycles. The fraction of sp³-hybridized carbons (Fsp3) is 0.125. The highest BCUT2D eigenvalue weighted by Crippen LogP contribution is 2.19. The van der Waals surface area contributed by atoms with E-state index in [0.29, 0.717) is 5.56 Å². The maximum atomic E-state index is 12.3. The Morgan fingerprint density at radius 1 is 1.32 bits per heavy atom. The first-order valence-corrected chi connectivity index (χ1v) is 8.45. The van der Waals surface area contributed by atoms with Gasteiger partial charge in [0.2, 0.25) is 0 Å². The molecule has 22 heavy (non-hydrogen) atoms. The van der Waals surface area contributed by atoms with Crippen molar-refractivity contribution in [3.05, 3.63) is 69.1 Å². The number of hydrogen-bond acceptors (Lipinski definition) is 3. The lowest BCUT2D eigenvalue weighted by Gasteiger charge is -2.12. The summed E-state index contributed by atoms with van der Waals surface area (Å²) in [5, 5.41) is 9.23. The lowest BCUT2D eigenvalue weighted by molar-refractivity contribution is 0.0940. The summed E-state index contributed by atoms with van der Waals surface area (Å²) in [5.41, 5.74) is 1.55. The zero-order chi connectivity index (χ0) is 15.5. The molecule has 1 N–H and O–H groups in total. The first-order valence-electron chi connectivity index (χ1n) is 6.78. The van der Waals surface area contributed by atoms with Gasteiger partial charge in [-0.05, 0) is 58.6 Å². The van der Waals surface area contributed by atoms with Gasteiger partial charge >= 0.3 is 0 Å². The number of nitrogens with zero attached hydrogens (tertiary/aromatic N) is 2. The Balaban J connectivity index is 1.71. The summed E-state index contributed by atoms with van der Waals surface area (Å²) in [4.78, 5) is 13.4. The number of halogens is 1. The molecule has 3 rings (SSSR count). The monoisotopic (exact) mass is 375 g/mol. The highest BCUT2D eigenvalue weighted by molar-refractivity contribution is 9.10. The molecule has 6 heteroatoms. The fourth-order valence-corrected chi connectivity index (χ4v) is 3.12. The number of rotatable bonds is 4. The lowest BCUT2D eigenvalue weighted by Crippen LogP contribution is -2.26. The fourth-order valence-electron chi connectivity index (χ4n) is 2.10. The molecule has 0 unspecified atom stereocenters. The molecule has 0 radical (unpaired) electrons. The molecule has 112 valence electrons. The first kappa shape index (κ1) is 15.0. The molecule has 0 aliphatic carbocycles. The Hall–Kier alpha value is -1.92. The predicted octanol–water partition coefficient (Wildman–Crippen LogP) is 4.19. The normalized spacial score (nSPS) is 12.1. The van der Waals surface area contributed by atoms with Crippen LogP contribution in [-0.2, 0) is 0 Å². The molecule has 4 nitrogen and oxygen atoms in total. The lowest BCUT2D eigenvalue weighted by atomic mass is 10.1. The van der Waals surface area contributed by atoms with Crippen LogP contribution in [0.3, 0.4) is 0 Å². The third kappa shape index (κ3) is 3.28. The summed E-state index contributed by atoms with van der Waals surface area (Å²) in [7, 11) is 0. The van der Waals surface area contributed by atoms with Gasteiger partial charge in [0.1, 0.15) is 0 Å². The molecule has 0 spiro atoms. The minimum Gasteiger partial charge on any atom is -0.345 e. The molecule has 0 aliphatic rings. The van der Waals surface area contributed by atoms with Crippen LogP contribution in [0.15, 0.2) is 58.6 Å². The number of benzene rings is 1. The van der Waals surface area contributed by atoms with Gasteiger partial charge in [0.15, 0.2) is 0 Å². The average molecular weight is 376 g/mol. The van der Waals surface area contributed by atoms with E-state index >= 15 is 0 Å². The Bertz CT molecular complexity index is 765. The van der Waals surface area contributed by atoms with Crippen LogP contribution in [0.1, 0.15) is 28.2 Å². The molecule has 0 aliphatic heterocycles. The number of hydrogen-bond donors (Lipinski definition) is 1. The number of carbonyl (C=O) groups is 1. The molecule has 3 aromatic rings. The van der Waals surface area contributed by atoms with Gasteiger partial charge in [0, 0.05) is 16.6 Å². The van der Waals surface area contributed by atoms with Gasteiger partial charge in [-0.15, -0.1) is 11.3 Å². The van der Waals surface area contributed by atoms with Crippen molar-refractivity contribution in [3.63, 3.8) is 0 Å². The molecule has 0 saturated carbocycles. The van der Waals surface area contributed by atoms with E-state index in [1.165, 1.54) is 0 Å². The van der Waals surface area contributed by atoms with Gasteiger partial charge in [-0.1, -0.05) is 6.07 Å². The second kappa shape index (κ2) is 6.46. The largest absolute Gasteiger partial charge is 0.345 e. The highest BCUT2D eigenvalue weighted by Gasteiger charge is 2.12. The topological polar surface area (TPSA) is 46.9 Å². The minimum absolute atomic E-state index is 0.00856. The summed E-state index contributed by atoms with van der Waals surface area (Å²) >= 11 is 5.01. The zero-order valence-corrected chi connectivity index (χ0v) is 14.3. The van der Waals surface area contributed by atoms with Crippen molar-refractivity contribution in [1.82, 2.24) is 15.1 Å². The standard InChI is InChI=1S/C16H14BrN3OS/c1-11(15-3-2-8-22-15)19-16(21)12-4-6-14(7-5-12)20-10-13(17)9-18-20/h2-11H,1H3,(H,19,21)/t11-/m0/s1. The maximum Gasteiger partial charge on any atom is 0.251 e. The van der Waals surface area contributed by atoms with E-state index in [2.05, 4.69) is 26.3 Å². The number of nitrogens with one attached hydrogen (secondary N) is 1. The summed E-state index contributed by atoms with van der Waals surface area (Å²) < 4.78 is 2.67. The smallest absolute Gasteiger partial charge is 0.251 e. The predicted molar refractivity (Wildman–Crippen MR) is 91.5 cm³/mol. The number of thiophene rings is 1. The van der Waals surface area contributed by atoms with Crippen LogP contribution in [0.4, 0.5) is 0 Å². The number of amides is 1. The molecule has 1 aromatic carbocycles. The SMILES string of the molecule is C[C@H](NC(=O)c1ccc(-n2cc(Br)cn2)cc1)c1cccs1. The molecule has 1 atom stereocenters. The van der Waals surface area contributed by atoms with Crippen LogP contribution in [0.25, 0.3) is 5.69 Å². The van der Waals surface area contributed by atoms with Crippen LogP contribution in [0.5, 0.6) is 0 Å². The van der Waals surface area contributed by atoms with E-state index in [-0.39, 0.29) is 11.9 Å². The number of carbonyl (C=O) groups excluding carboxylic acids is 1. The molecular weight excluding hydrogens is 362 g/mol. The van der Waals surface area contributed by atoms with E-state index in [4.69, 9.17) is 0 Å². The van der Waals surface area contributed by atoms with E-state index in [1.807, 2.05) is 42.8 Å². The van der Waals surface area contributed by atoms with Gasteiger partial charge in [0.05, 0.1) is 22.4 Å². The van der Waals surface area contributed by atoms with Crippen LogP contribution in [-0.4, -0.2) is 15.7 Å². The van der Waals surface area contributed by atoms with Crippen molar-refractivity contribution in [2.45, 2.75) is 13.0 Å². The first-order chi connectivity index (χ1) is 10.6. The molecule has 0 fully saturated rings. The van der Waals surface area contributed by atoms with Crippen molar-refractivity contribution in [2.75, 3.05) is 0 Å². The molecule has 0 bridgehead atoms. The second-order valence-corrected chi connectivity index (χ2v) is 6.76. The summed E-state index contributed by atoms with van der Waals surface area (Å²) in [6.07, 6.45) is 3.59. The highest BCUT2D eigenvalue weighted by atomic mass is 79.9. The average Bonchev–Trinajstić information content (AvgIpc) is 3.18. The summed E-state index contributed by atoms with van der Waals surface area (Å²) in [6, 6.07) is 11.4. The molecule has 0 saturated heterocycles. The molecule has 2 aromatic heterocycles. The Morgan fingerprint density at radius 3 is 2.68 bits per heavy atom. The van der Waals surface area contributed by atoms with Crippen molar-refractivity contribution in [3.8, 4) is 5.69 Å².